The van der Waals surface area contributed by atoms with E-state index in [4.69, 9.17) is 4.74 Å². The number of anilines is 2. The molecule has 3 aromatic rings. The van der Waals surface area contributed by atoms with Crippen LogP contribution in [0.5, 0.6) is 5.75 Å². The lowest BCUT2D eigenvalue weighted by atomic mass is 10.2. The predicted molar refractivity (Wildman–Crippen MR) is 129 cm³/mol. The van der Waals surface area contributed by atoms with E-state index in [1.807, 2.05) is 0 Å². The summed E-state index contributed by atoms with van der Waals surface area (Å²) in [6.45, 7) is 3.99. The number of benzene rings is 3. The Morgan fingerprint density at radius 3 is 2.29 bits per heavy atom. The number of halogens is 1. The zero-order valence-electron chi connectivity index (χ0n) is 18.8. The Morgan fingerprint density at radius 2 is 1.65 bits per heavy atom. The van der Waals surface area contributed by atoms with Crippen LogP contribution in [0.25, 0.3) is 0 Å². The first kappa shape index (κ1) is 23.6. The number of ether oxygens (including phenoxy) is 1. The van der Waals surface area contributed by atoms with Gasteiger partial charge < -0.3 is 14.5 Å². The van der Waals surface area contributed by atoms with Crippen molar-refractivity contribution in [2.45, 2.75) is 11.8 Å². The maximum Gasteiger partial charge on any atom is 0.261 e. The van der Waals surface area contributed by atoms with E-state index < -0.39 is 10.0 Å². The summed E-state index contributed by atoms with van der Waals surface area (Å²) in [5, 5.41) is 0. The Labute approximate surface area is 198 Å². The summed E-state index contributed by atoms with van der Waals surface area (Å²) in [6, 6.07) is 19.5. The van der Waals surface area contributed by atoms with Crippen LogP contribution in [0.2, 0.25) is 0 Å². The molecule has 0 atom stereocenters. The number of carbonyl (C=O) groups is 1. The van der Waals surface area contributed by atoms with E-state index in [2.05, 4.69) is 9.62 Å². The van der Waals surface area contributed by atoms with Gasteiger partial charge in [0.25, 0.3) is 15.9 Å². The van der Waals surface area contributed by atoms with Gasteiger partial charge in [0.1, 0.15) is 11.6 Å². The molecule has 1 N–H and O–H groups in total. The summed E-state index contributed by atoms with van der Waals surface area (Å²) in [7, 11) is -3.74. The molecule has 0 spiro atoms. The highest BCUT2D eigenvalue weighted by molar-refractivity contribution is 7.92. The molecule has 0 radical (unpaired) electrons. The first-order valence-corrected chi connectivity index (χ1v) is 12.4. The van der Waals surface area contributed by atoms with E-state index >= 15 is 0 Å². The largest absolute Gasteiger partial charge is 0.483 e. The average Bonchev–Trinajstić information content (AvgIpc) is 2.84. The number of nitrogens with one attached hydrogen (secondary N) is 1. The molecule has 0 bridgehead atoms. The predicted octanol–water partition coefficient (Wildman–Crippen LogP) is 3.66. The second-order valence-corrected chi connectivity index (χ2v) is 9.71. The minimum atomic E-state index is -3.74. The molecule has 0 unspecified atom stereocenters. The third-order valence-electron chi connectivity index (χ3n) is 5.66. The van der Waals surface area contributed by atoms with Crippen molar-refractivity contribution >= 4 is 27.3 Å². The Bertz CT molecular complexity index is 1240. The molecule has 1 fully saturated rings. The molecular formula is C25H26FN3O4S. The van der Waals surface area contributed by atoms with E-state index in [1.54, 1.807) is 60.4 Å². The van der Waals surface area contributed by atoms with Gasteiger partial charge in [0.05, 0.1) is 4.90 Å². The summed E-state index contributed by atoms with van der Waals surface area (Å²) in [4.78, 5) is 16.6. The normalized spacial score (nSPS) is 14.1. The Morgan fingerprint density at radius 1 is 0.971 bits per heavy atom. The van der Waals surface area contributed by atoms with Gasteiger partial charge in [0, 0.05) is 37.6 Å². The highest BCUT2D eigenvalue weighted by Gasteiger charge is 2.22. The average molecular weight is 484 g/mol. The number of para-hydroxylation sites is 1. The molecule has 1 saturated heterocycles. The minimum Gasteiger partial charge on any atom is -0.483 e. The summed E-state index contributed by atoms with van der Waals surface area (Å²) in [5.41, 5.74) is 2.02. The fourth-order valence-corrected chi connectivity index (χ4v) is 4.91. The number of nitrogens with zero attached hydrogens (tertiary/aromatic N) is 2. The summed E-state index contributed by atoms with van der Waals surface area (Å²) in [5.74, 6) is 0.0423. The van der Waals surface area contributed by atoms with Crippen molar-refractivity contribution in [3.05, 3.63) is 84.2 Å². The quantitative estimate of drug-likeness (QED) is 0.555. The molecule has 1 aliphatic heterocycles. The van der Waals surface area contributed by atoms with Crippen LogP contribution in [0.3, 0.4) is 0 Å². The van der Waals surface area contributed by atoms with Crippen molar-refractivity contribution in [1.82, 2.24) is 4.90 Å². The van der Waals surface area contributed by atoms with Gasteiger partial charge in [-0.2, -0.15) is 0 Å². The smallest absolute Gasteiger partial charge is 0.261 e. The van der Waals surface area contributed by atoms with E-state index in [9.17, 15) is 17.6 Å². The number of hydrogen-bond acceptors (Lipinski definition) is 5. The standard InChI is InChI=1S/C25H26FN3O4S/c1-19-17-23(34(31,32)27-21-5-3-2-4-6-21)11-12-24(19)33-18-25(30)29-15-13-28(14-16-29)22-9-7-20(26)8-10-22/h2-12,17,27H,13-16,18H2,1H3. The lowest BCUT2D eigenvalue weighted by molar-refractivity contribution is -0.133. The van der Waals surface area contributed by atoms with Crippen LogP contribution in [0, 0.1) is 12.7 Å². The maximum atomic E-state index is 13.1. The number of hydrogen-bond donors (Lipinski definition) is 1. The second-order valence-electron chi connectivity index (χ2n) is 8.03. The number of rotatable bonds is 7. The fourth-order valence-electron chi connectivity index (χ4n) is 3.77. The van der Waals surface area contributed by atoms with Crippen molar-refractivity contribution in [3.8, 4) is 5.75 Å². The molecular weight excluding hydrogens is 457 g/mol. The van der Waals surface area contributed by atoms with Gasteiger partial charge in [0.2, 0.25) is 0 Å². The number of carbonyl (C=O) groups excluding carboxylic acids is 1. The molecule has 0 aromatic heterocycles. The van der Waals surface area contributed by atoms with E-state index in [1.165, 1.54) is 24.3 Å². The van der Waals surface area contributed by atoms with Gasteiger partial charge in [0.15, 0.2) is 6.61 Å². The number of amides is 1. The second kappa shape index (κ2) is 10.1. The molecule has 7 nitrogen and oxygen atoms in total. The van der Waals surface area contributed by atoms with Crippen LogP contribution in [-0.4, -0.2) is 52.0 Å². The highest BCUT2D eigenvalue weighted by Crippen LogP contribution is 2.24. The lowest BCUT2D eigenvalue weighted by Crippen LogP contribution is -2.50. The van der Waals surface area contributed by atoms with Gasteiger partial charge in [-0.25, -0.2) is 12.8 Å². The molecule has 34 heavy (non-hydrogen) atoms. The molecule has 3 aromatic carbocycles. The fraction of sp³-hybridized carbons (Fsp3) is 0.240. The van der Waals surface area contributed by atoms with Crippen LogP contribution in [0.15, 0.2) is 77.7 Å². The topological polar surface area (TPSA) is 78.9 Å². The third-order valence-corrected chi connectivity index (χ3v) is 7.04. The number of piperazine rings is 1. The molecule has 1 heterocycles. The Kier molecular flexibility index (Phi) is 7.02. The van der Waals surface area contributed by atoms with E-state index in [0.29, 0.717) is 43.2 Å². The first-order chi connectivity index (χ1) is 16.3. The molecule has 0 saturated carbocycles. The molecule has 4 rings (SSSR count). The van der Waals surface area contributed by atoms with Gasteiger partial charge in [-0.3, -0.25) is 9.52 Å². The van der Waals surface area contributed by atoms with Crippen molar-refractivity contribution in [2.24, 2.45) is 0 Å². The zero-order chi connectivity index (χ0) is 24.1. The Hall–Kier alpha value is -3.59. The van der Waals surface area contributed by atoms with Crippen molar-refractivity contribution in [3.63, 3.8) is 0 Å². The number of sulfonamides is 1. The maximum absolute atomic E-state index is 13.1. The monoisotopic (exact) mass is 483 g/mol. The van der Waals surface area contributed by atoms with Crippen LogP contribution < -0.4 is 14.4 Å². The van der Waals surface area contributed by atoms with Crippen molar-refractivity contribution in [2.75, 3.05) is 42.4 Å². The minimum absolute atomic E-state index is 0.115. The molecule has 178 valence electrons. The summed E-state index contributed by atoms with van der Waals surface area (Å²) >= 11 is 0. The van der Waals surface area contributed by atoms with E-state index in [0.717, 1.165) is 5.69 Å². The molecule has 0 aliphatic carbocycles. The highest BCUT2D eigenvalue weighted by atomic mass is 32.2. The van der Waals surface area contributed by atoms with Gasteiger partial charge in [-0.1, -0.05) is 18.2 Å². The number of aryl methyl sites for hydroxylation is 1. The third kappa shape index (κ3) is 5.66. The molecule has 9 heteroatoms. The van der Waals surface area contributed by atoms with Crippen LogP contribution in [-0.2, 0) is 14.8 Å². The van der Waals surface area contributed by atoms with Gasteiger partial charge in [-0.15, -0.1) is 0 Å². The summed E-state index contributed by atoms with van der Waals surface area (Å²) < 4.78 is 46.7. The Balaban J connectivity index is 1.31. The van der Waals surface area contributed by atoms with Crippen molar-refractivity contribution in [1.29, 1.82) is 0 Å². The van der Waals surface area contributed by atoms with Crippen LogP contribution >= 0.6 is 0 Å². The molecule has 1 amide bonds. The van der Waals surface area contributed by atoms with Gasteiger partial charge in [-0.05, 0) is 67.1 Å². The SMILES string of the molecule is Cc1cc(S(=O)(=O)Nc2ccccc2)ccc1OCC(=O)N1CCN(c2ccc(F)cc2)CC1. The van der Waals surface area contributed by atoms with Crippen LogP contribution in [0.4, 0.5) is 15.8 Å². The lowest BCUT2D eigenvalue weighted by Gasteiger charge is -2.36. The van der Waals surface area contributed by atoms with Crippen LogP contribution in [0.1, 0.15) is 5.56 Å². The summed E-state index contributed by atoms with van der Waals surface area (Å²) in [6.07, 6.45) is 0. The van der Waals surface area contributed by atoms with Gasteiger partial charge >= 0.3 is 0 Å². The van der Waals surface area contributed by atoms with Crippen molar-refractivity contribution < 1.29 is 22.3 Å². The zero-order valence-corrected chi connectivity index (χ0v) is 19.6. The molecule has 1 aliphatic rings. The first-order valence-electron chi connectivity index (χ1n) is 10.9. The van der Waals surface area contributed by atoms with E-state index in [-0.39, 0.29) is 23.2 Å².